The van der Waals surface area contributed by atoms with Gasteiger partial charge in [0.25, 0.3) is 5.56 Å². The number of hydrogen-bond donors (Lipinski definition) is 3. The molecule has 0 bridgehead atoms. The second-order valence-electron chi connectivity index (χ2n) is 9.46. The second kappa shape index (κ2) is 11.0. The Balaban J connectivity index is 1.34. The van der Waals surface area contributed by atoms with E-state index in [1.165, 1.54) is 22.3 Å². The van der Waals surface area contributed by atoms with Crippen LogP contribution >= 0.6 is 0 Å². The minimum Gasteiger partial charge on any atom is -0.355 e. The predicted octanol–water partition coefficient (Wildman–Crippen LogP) is 3.15. The Labute approximate surface area is 217 Å². The van der Waals surface area contributed by atoms with Crippen LogP contribution in [-0.2, 0) is 46.1 Å². The number of rotatable bonds is 9. The fourth-order valence-corrected chi connectivity index (χ4v) is 5.71. The number of H-pyrrole nitrogens is 1. The Morgan fingerprint density at radius 2 is 1.92 bits per heavy atom. The van der Waals surface area contributed by atoms with E-state index in [4.69, 9.17) is 0 Å². The number of pyridine rings is 1. The van der Waals surface area contributed by atoms with E-state index in [0.717, 1.165) is 55.6 Å². The first kappa shape index (κ1) is 27.4. The lowest BCUT2D eigenvalue weighted by Gasteiger charge is -2.21. The lowest BCUT2D eigenvalue weighted by molar-refractivity contribution is -0.137. The predicted molar refractivity (Wildman–Crippen MR) is 135 cm³/mol. The lowest BCUT2D eigenvalue weighted by Crippen LogP contribution is -2.35. The molecule has 0 saturated carbocycles. The van der Waals surface area contributed by atoms with Crippen molar-refractivity contribution in [2.45, 2.75) is 51.1 Å². The summed E-state index contributed by atoms with van der Waals surface area (Å²) in [6, 6.07) is 6.54. The zero-order valence-electron chi connectivity index (χ0n) is 20.6. The molecule has 1 unspecified atom stereocenters. The third-order valence-electron chi connectivity index (χ3n) is 6.59. The van der Waals surface area contributed by atoms with Gasteiger partial charge in [0.15, 0.2) is 0 Å². The molecule has 4 rings (SSSR count). The van der Waals surface area contributed by atoms with Gasteiger partial charge in [-0.25, -0.2) is 8.42 Å². The van der Waals surface area contributed by atoms with Gasteiger partial charge in [0.1, 0.15) is 12.2 Å². The highest BCUT2D eigenvalue weighted by Gasteiger charge is 2.30. The van der Waals surface area contributed by atoms with Gasteiger partial charge in [0.05, 0.1) is 17.5 Å². The normalized spacial score (nSPS) is 15.6. The number of aryl methyl sites for hydroxylation is 2. The molecule has 0 aliphatic heterocycles. The van der Waals surface area contributed by atoms with Gasteiger partial charge in [0, 0.05) is 17.9 Å². The molecule has 1 aliphatic rings. The number of carbonyl (C=O) groups is 1. The van der Waals surface area contributed by atoms with Crippen molar-refractivity contribution in [2.75, 3.05) is 11.3 Å². The molecule has 204 valence electrons. The summed E-state index contributed by atoms with van der Waals surface area (Å²) >= 11 is 0. The number of amides is 1. The maximum atomic E-state index is 12.9. The first-order valence-corrected chi connectivity index (χ1v) is 13.7. The van der Waals surface area contributed by atoms with Crippen LogP contribution in [0.2, 0.25) is 0 Å². The highest BCUT2D eigenvalue weighted by atomic mass is 32.2. The van der Waals surface area contributed by atoms with E-state index in [2.05, 4.69) is 20.2 Å². The summed E-state index contributed by atoms with van der Waals surface area (Å²) < 4.78 is 66.8. The minimum absolute atomic E-state index is 0.124. The maximum Gasteiger partial charge on any atom is 0.416 e. The molecule has 1 amide bonds. The molecule has 3 N–H and O–H groups in total. The third-order valence-corrected chi connectivity index (χ3v) is 7.84. The number of nitrogens with one attached hydrogen (secondary N) is 3. The zero-order chi connectivity index (χ0) is 27.5. The molecule has 1 aliphatic carbocycles. The summed E-state index contributed by atoms with van der Waals surface area (Å²) in [5, 5.41) is 9.88. The molecule has 3 aromatic rings. The summed E-state index contributed by atoms with van der Waals surface area (Å²) in [5.74, 6) is -0.576. The van der Waals surface area contributed by atoms with Gasteiger partial charge in [-0.1, -0.05) is 12.1 Å². The van der Waals surface area contributed by atoms with Gasteiger partial charge in [-0.2, -0.15) is 18.3 Å². The van der Waals surface area contributed by atoms with E-state index in [1.54, 1.807) is 6.92 Å². The monoisotopic (exact) mass is 551 g/mol. The van der Waals surface area contributed by atoms with Gasteiger partial charge in [-0.15, -0.1) is 0 Å². The highest BCUT2D eigenvalue weighted by molar-refractivity contribution is 7.91. The molecule has 1 atom stereocenters. The molecule has 2 aromatic heterocycles. The topological polar surface area (TPSA) is 126 Å². The molecule has 13 heteroatoms. The Bertz CT molecular complexity index is 1460. The number of sulfonamides is 1. The van der Waals surface area contributed by atoms with Crippen molar-refractivity contribution >= 4 is 21.6 Å². The first-order valence-electron chi connectivity index (χ1n) is 12.1. The first-order chi connectivity index (χ1) is 17.9. The molecule has 2 heterocycles. The summed E-state index contributed by atoms with van der Waals surface area (Å²) in [6.07, 6.45) is 0.903. The Morgan fingerprint density at radius 1 is 1.18 bits per heavy atom. The number of aromatic amines is 1. The quantitative estimate of drug-likeness (QED) is 0.377. The Morgan fingerprint density at radius 3 is 2.63 bits per heavy atom. The van der Waals surface area contributed by atoms with Crippen LogP contribution in [0.25, 0.3) is 0 Å². The fraction of sp³-hybridized carbons (Fsp3) is 0.400. The maximum absolute atomic E-state index is 12.9. The van der Waals surface area contributed by atoms with Gasteiger partial charge in [-0.05, 0) is 73.9 Å². The molecule has 0 saturated heterocycles. The van der Waals surface area contributed by atoms with Crippen LogP contribution in [0.3, 0.4) is 0 Å². The van der Waals surface area contributed by atoms with Gasteiger partial charge in [-0.3, -0.25) is 19.4 Å². The molecule has 38 heavy (non-hydrogen) atoms. The van der Waals surface area contributed by atoms with Crippen molar-refractivity contribution < 1.29 is 26.4 Å². The molecule has 0 spiro atoms. The second-order valence-corrected chi connectivity index (χ2v) is 11.2. The van der Waals surface area contributed by atoms with Gasteiger partial charge in [0.2, 0.25) is 15.9 Å². The van der Waals surface area contributed by atoms with E-state index in [1.807, 2.05) is 6.20 Å². The number of alkyl halides is 3. The largest absolute Gasteiger partial charge is 0.416 e. The van der Waals surface area contributed by atoms with Crippen LogP contribution in [-0.4, -0.2) is 35.6 Å². The van der Waals surface area contributed by atoms with Crippen molar-refractivity contribution in [3.63, 3.8) is 0 Å². The van der Waals surface area contributed by atoms with Crippen molar-refractivity contribution in [1.82, 2.24) is 20.1 Å². The Kier molecular flexibility index (Phi) is 7.95. The molecule has 0 fully saturated rings. The van der Waals surface area contributed by atoms with Crippen molar-refractivity contribution in [1.29, 1.82) is 0 Å². The van der Waals surface area contributed by atoms with Crippen molar-refractivity contribution in [3.05, 3.63) is 81.0 Å². The van der Waals surface area contributed by atoms with E-state index < -0.39 is 33.1 Å². The molecular formula is C25H28F3N5O4S. The molecular weight excluding hydrogens is 523 g/mol. The number of hydrogen-bond acceptors (Lipinski definition) is 5. The number of nitrogens with zero attached hydrogens (tertiary/aromatic N) is 2. The number of fused-ring (bicyclic) bond motifs is 1. The molecule has 9 nitrogen and oxygen atoms in total. The fourth-order valence-electron chi connectivity index (χ4n) is 4.51. The minimum atomic E-state index is -4.53. The van der Waals surface area contributed by atoms with Crippen LogP contribution in [0.15, 0.2) is 47.4 Å². The number of benzene rings is 1. The third kappa shape index (κ3) is 6.82. The number of halogens is 3. The van der Waals surface area contributed by atoms with Crippen molar-refractivity contribution in [3.8, 4) is 0 Å². The standard InChI is InChI=1S/C25H28F3N5O4S/c1-16-2-8-22(32-38(36,37)15-18-3-6-20(7-4-18)25(26,27)28)24(35)33(16)14-23(34)29-11-10-17-5-9-21-19(12-17)13-30-31-21/h2-4,6-8,13,17,32H,5,9-12,14-15H2,1H3,(H,29,34)(H,30,31). The van der Waals surface area contributed by atoms with Gasteiger partial charge >= 0.3 is 6.18 Å². The van der Waals surface area contributed by atoms with E-state index in [-0.39, 0.29) is 23.7 Å². The van der Waals surface area contributed by atoms with Crippen molar-refractivity contribution in [2.24, 2.45) is 5.92 Å². The summed E-state index contributed by atoms with van der Waals surface area (Å²) in [5.41, 5.74) is 1.11. The molecule has 0 radical (unpaired) electrons. The SMILES string of the molecule is Cc1ccc(NS(=O)(=O)Cc2ccc(C(F)(F)F)cc2)c(=O)n1CC(=O)NCCC1CCc2[nH]ncc2C1. The van der Waals surface area contributed by atoms with E-state index in [0.29, 0.717) is 18.2 Å². The highest BCUT2D eigenvalue weighted by Crippen LogP contribution is 2.29. The zero-order valence-corrected chi connectivity index (χ0v) is 21.5. The average molecular weight is 552 g/mol. The van der Waals surface area contributed by atoms with Gasteiger partial charge < -0.3 is 9.88 Å². The smallest absolute Gasteiger partial charge is 0.355 e. The van der Waals surface area contributed by atoms with Crippen LogP contribution in [0.5, 0.6) is 0 Å². The summed E-state index contributed by atoms with van der Waals surface area (Å²) in [4.78, 5) is 25.5. The Hall–Kier alpha value is -3.61. The number of aromatic nitrogens is 3. The van der Waals surface area contributed by atoms with E-state index >= 15 is 0 Å². The van der Waals surface area contributed by atoms with Crippen LogP contribution in [0, 0.1) is 12.8 Å². The van der Waals surface area contributed by atoms with Crippen LogP contribution < -0.4 is 15.6 Å². The summed E-state index contributed by atoms with van der Waals surface area (Å²) in [7, 11) is -4.11. The summed E-state index contributed by atoms with van der Waals surface area (Å²) in [6.45, 7) is 1.79. The molecule has 1 aromatic carbocycles. The average Bonchev–Trinajstić information content (AvgIpc) is 3.31. The van der Waals surface area contributed by atoms with E-state index in [9.17, 15) is 31.2 Å². The lowest BCUT2D eigenvalue weighted by atomic mass is 9.86. The number of carbonyl (C=O) groups excluding carboxylic acids is 1. The van der Waals surface area contributed by atoms with Crippen LogP contribution in [0.4, 0.5) is 18.9 Å². The van der Waals surface area contributed by atoms with Crippen LogP contribution in [0.1, 0.15) is 40.9 Å². The number of anilines is 1.